The van der Waals surface area contributed by atoms with Gasteiger partial charge in [-0.05, 0) is 62.9 Å². The highest BCUT2D eigenvalue weighted by Gasteiger charge is 2.29. The summed E-state index contributed by atoms with van der Waals surface area (Å²) in [5.74, 6) is 0. The van der Waals surface area contributed by atoms with Gasteiger partial charge in [0.15, 0.2) is 0 Å². The smallest absolute Gasteiger partial charge is 0.135 e. The van der Waals surface area contributed by atoms with Gasteiger partial charge in [-0.1, -0.05) is 115 Å². The van der Waals surface area contributed by atoms with Crippen LogP contribution in [0, 0.1) is 0 Å². The Morgan fingerprint density at radius 1 is 0.390 bits per heavy atom. The zero-order chi connectivity index (χ0) is 27.2. The first kappa shape index (κ1) is 24.1. The lowest BCUT2D eigenvalue weighted by molar-refractivity contribution is 0.203. The Balaban J connectivity index is 1.16. The molecule has 2 unspecified atom stereocenters. The molecule has 2 heterocycles. The molecule has 0 spiro atoms. The molecule has 198 valence electrons. The van der Waals surface area contributed by atoms with Crippen LogP contribution in [0.2, 0.25) is 0 Å². The van der Waals surface area contributed by atoms with Crippen molar-refractivity contribution in [2.45, 2.75) is 18.5 Å². The second kappa shape index (κ2) is 10.0. The molecule has 1 aromatic heterocycles. The van der Waals surface area contributed by atoms with E-state index in [1.807, 2.05) is 0 Å². The van der Waals surface area contributed by atoms with Crippen LogP contribution in [-0.4, -0.2) is 0 Å². The normalized spacial score (nSPS) is 19.2. The predicted molar refractivity (Wildman–Crippen MR) is 167 cm³/mol. The molecule has 0 amide bonds. The summed E-state index contributed by atoms with van der Waals surface area (Å²) in [6, 6.07) is 49.3. The van der Waals surface area contributed by atoms with Gasteiger partial charge in [-0.3, -0.25) is 16.0 Å². The number of furan rings is 1. The third-order valence-corrected chi connectivity index (χ3v) is 8.18. The average Bonchev–Trinajstić information content (AvgIpc) is 3.42. The summed E-state index contributed by atoms with van der Waals surface area (Å²) in [6.45, 7) is 0. The Bertz CT molecular complexity index is 1950. The fourth-order valence-corrected chi connectivity index (χ4v) is 6.03. The van der Waals surface area contributed by atoms with Crippen LogP contribution >= 0.6 is 0 Å². The van der Waals surface area contributed by atoms with E-state index < -0.39 is 0 Å². The number of fused-ring (bicyclic) bond motifs is 4. The van der Waals surface area contributed by atoms with Gasteiger partial charge in [-0.15, -0.1) is 0 Å². The van der Waals surface area contributed by atoms with Crippen molar-refractivity contribution in [3.05, 3.63) is 156 Å². The summed E-state index contributed by atoms with van der Waals surface area (Å²) >= 11 is 0. The number of benzene rings is 6. The van der Waals surface area contributed by atoms with Crippen LogP contribution in [0.1, 0.15) is 35.2 Å². The predicted octanol–water partition coefficient (Wildman–Crippen LogP) is 8.58. The minimum absolute atomic E-state index is 0.0106. The Labute approximate surface area is 238 Å². The molecule has 0 aliphatic carbocycles. The molecule has 2 atom stereocenters. The Morgan fingerprint density at radius 2 is 0.976 bits per heavy atom. The zero-order valence-corrected chi connectivity index (χ0v) is 22.4. The van der Waals surface area contributed by atoms with Gasteiger partial charge in [0.1, 0.15) is 11.2 Å². The summed E-state index contributed by atoms with van der Waals surface area (Å²) in [5, 5.41) is 16.0. The van der Waals surface area contributed by atoms with Crippen LogP contribution in [-0.2, 0) is 0 Å². The fraction of sp³-hybridized carbons (Fsp3) is 0.0811. The molecule has 1 saturated heterocycles. The van der Waals surface area contributed by atoms with E-state index >= 15 is 0 Å². The lowest BCUT2D eigenvalue weighted by Crippen LogP contribution is -2.54. The third kappa shape index (κ3) is 4.48. The van der Waals surface area contributed by atoms with Crippen molar-refractivity contribution in [3.8, 4) is 11.1 Å². The topological polar surface area (TPSA) is 49.2 Å². The highest BCUT2D eigenvalue weighted by atomic mass is 16.3. The van der Waals surface area contributed by atoms with Crippen LogP contribution in [0.15, 0.2) is 144 Å². The Hall–Kier alpha value is -4.74. The Morgan fingerprint density at radius 3 is 1.68 bits per heavy atom. The van der Waals surface area contributed by atoms with Gasteiger partial charge in [-0.25, -0.2) is 0 Å². The largest absolute Gasteiger partial charge is 0.456 e. The zero-order valence-electron chi connectivity index (χ0n) is 22.4. The average molecular weight is 532 g/mol. The van der Waals surface area contributed by atoms with Crippen LogP contribution in [0.5, 0.6) is 0 Å². The summed E-state index contributed by atoms with van der Waals surface area (Å²) < 4.78 is 6.40. The monoisotopic (exact) mass is 531 g/mol. The van der Waals surface area contributed by atoms with Gasteiger partial charge in [0.2, 0.25) is 0 Å². The molecular weight excluding hydrogens is 502 g/mol. The van der Waals surface area contributed by atoms with E-state index in [4.69, 9.17) is 4.42 Å². The van der Waals surface area contributed by atoms with Crippen molar-refractivity contribution in [2.24, 2.45) is 0 Å². The van der Waals surface area contributed by atoms with E-state index in [9.17, 15) is 0 Å². The minimum atomic E-state index is -0.0718. The van der Waals surface area contributed by atoms with Crippen LogP contribution in [0.25, 0.3) is 43.8 Å². The maximum atomic E-state index is 6.40. The highest BCUT2D eigenvalue weighted by molar-refractivity contribution is 6.06. The summed E-state index contributed by atoms with van der Waals surface area (Å²) in [6.07, 6.45) is -0.0930. The van der Waals surface area contributed by atoms with Gasteiger partial charge in [-0.2, -0.15) is 0 Å². The van der Waals surface area contributed by atoms with E-state index in [-0.39, 0.29) is 18.5 Å². The van der Waals surface area contributed by atoms with Gasteiger partial charge in [0.25, 0.3) is 0 Å². The molecule has 1 fully saturated rings. The standard InChI is InChI=1S/C37H29N3O/c1-3-10-25(11-4-1)35-38-36(26-12-5-2-6-13-26)40-37(39-35)30-17-19-31-32-22-29(18-20-33(32)41-34(31)23-30)28-16-15-24-9-7-8-14-27(24)21-28/h1-23,35-40H. The molecule has 1 aliphatic heterocycles. The number of nitrogens with one attached hydrogen (secondary N) is 3. The molecule has 7 aromatic rings. The number of hydrogen-bond donors (Lipinski definition) is 3. The van der Waals surface area contributed by atoms with Gasteiger partial charge in [0.05, 0.1) is 18.5 Å². The minimum Gasteiger partial charge on any atom is -0.456 e. The molecule has 0 saturated carbocycles. The number of hydrogen-bond acceptors (Lipinski definition) is 4. The van der Waals surface area contributed by atoms with Crippen LogP contribution < -0.4 is 16.0 Å². The van der Waals surface area contributed by atoms with Crippen molar-refractivity contribution in [2.75, 3.05) is 0 Å². The first-order valence-corrected chi connectivity index (χ1v) is 14.1. The lowest BCUT2D eigenvalue weighted by atomic mass is 9.99. The summed E-state index contributed by atoms with van der Waals surface area (Å²) in [7, 11) is 0. The van der Waals surface area contributed by atoms with Crippen molar-refractivity contribution in [3.63, 3.8) is 0 Å². The van der Waals surface area contributed by atoms with Crippen LogP contribution in [0.4, 0.5) is 0 Å². The van der Waals surface area contributed by atoms with Crippen molar-refractivity contribution >= 4 is 32.7 Å². The first-order valence-electron chi connectivity index (χ1n) is 14.1. The van der Waals surface area contributed by atoms with Gasteiger partial charge in [0, 0.05) is 10.8 Å². The van der Waals surface area contributed by atoms with Gasteiger partial charge < -0.3 is 4.42 Å². The maximum absolute atomic E-state index is 6.40. The van der Waals surface area contributed by atoms with Crippen molar-refractivity contribution < 1.29 is 4.42 Å². The second-order valence-corrected chi connectivity index (χ2v) is 10.8. The third-order valence-electron chi connectivity index (χ3n) is 8.18. The molecule has 4 heteroatoms. The molecule has 3 N–H and O–H groups in total. The summed E-state index contributed by atoms with van der Waals surface area (Å²) in [5.41, 5.74) is 7.72. The maximum Gasteiger partial charge on any atom is 0.135 e. The van der Waals surface area contributed by atoms with E-state index in [1.165, 1.54) is 33.0 Å². The van der Waals surface area contributed by atoms with Gasteiger partial charge >= 0.3 is 0 Å². The van der Waals surface area contributed by atoms with E-state index in [1.54, 1.807) is 0 Å². The molecule has 41 heavy (non-hydrogen) atoms. The number of rotatable bonds is 4. The molecule has 6 aromatic carbocycles. The molecule has 4 nitrogen and oxygen atoms in total. The van der Waals surface area contributed by atoms with Crippen molar-refractivity contribution in [1.82, 2.24) is 16.0 Å². The van der Waals surface area contributed by atoms with Crippen molar-refractivity contribution in [1.29, 1.82) is 0 Å². The first-order chi connectivity index (χ1) is 20.3. The molecule has 0 radical (unpaired) electrons. The fourth-order valence-electron chi connectivity index (χ4n) is 6.03. The highest BCUT2D eigenvalue weighted by Crippen LogP contribution is 2.35. The lowest BCUT2D eigenvalue weighted by Gasteiger charge is -2.39. The molecule has 8 rings (SSSR count). The van der Waals surface area contributed by atoms with E-state index in [2.05, 4.69) is 155 Å². The molecule has 1 aliphatic rings. The SMILES string of the molecule is c1ccc(C2NC(c3ccccc3)NC(c3ccc4c(c3)oc3ccc(-c5ccc6ccccc6c5)cc34)N2)cc1. The molecule has 0 bridgehead atoms. The molecular formula is C37H29N3O. The quantitative estimate of drug-likeness (QED) is 0.213. The summed E-state index contributed by atoms with van der Waals surface area (Å²) in [4.78, 5) is 0. The van der Waals surface area contributed by atoms with Crippen LogP contribution in [0.3, 0.4) is 0 Å². The Kier molecular flexibility index (Phi) is 5.89. The van der Waals surface area contributed by atoms with E-state index in [0.29, 0.717) is 0 Å². The van der Waals surface area contributed by atoms with E-state index in [0.717, 1.165) is 27.5 Å². The second-order valence-electron chi connectivity index (χ2n) is 10.8.